The zero-order chi connectivity index (χ0) is 32.2. The van der Waals surface area contributed by atoms with Crippen LogP contribution in [0.4, 0.5) is 14.5 Å². The molecule has 2 aromatic carbocycles. The first-order valence-corrected chi connectivity index (χ1v) is 15.4. The van der Waals surface area contributed by atoms with Crippen LogP contribution in [0.2, 0.25) is 0 Å². The fraction of sp³-hybridized carbons (Fsp3) is 0.314. The van der Waals surface area contributed by atoms with Crippen LogP contribution >= 0.6 is 0 Å². The summed E-state index contributed by atoms with van der Waals surface area (Å²) in [6.45, 7) is 3.28. The number of allylic oxidation sites excluding steroid dienone is 3. The first-order valence-electron chi connectivity index (χ1n) is 15.4. The molecule has 3 aromatic rings. The van der Waals surface area contributed by atoms with Crippen molar-refractivity contribution in [2.24, 2.45) is 5.73 Å². The fourth-order valence-electron chi connectivity index (χ4n) is 6.39. The molecule has 1 saturated heterocycles. The minimum absolute atomic E-state index is 0.0998. The van der Waals surface area contributed by atoms with Gasteiger partial charge in [-0.2, -0.15) is 0 Å². The van der Waals surface area contributed by atoms with Crippen molar-refractivity contribution in [3.05, 3.63) is 146 Å². The van der Waals surface area contributed by atoms with Gasteiger partial charge in [-0.1, -0.05) is 54.6 Å². The van der Waals surface area contributed by atoms with E-state index in [2.05, 4.69) is 23.1 Å². The number of anilines is 1. The highest BCUT2D eigenvalue weighted by atomic mass is 19.1. The molecule has 0 amide bonds. The van der Waals surface area contributed by atoms with Crippen LogP contribution in [0.5, 0.6) is 0 Å². The minimum Gasteiger partial charge on any atom is -0.466 e. The van der Waals surface area contributed by atoms with Gasteiger partial charge in [0.2, 0.25) is 0 Å². The second-order valence-corrected chi connectivity index (χ2v) is 11.6. The van der Waals surface area contributed by atoms with Crippen molar-refractivity contribution in [3.63, 3.8) is 0 Å². The summed E-state index contributed by atoms with van der Waals surface area (Å²) in [7, 11) is 0. The Morgan fingerprint density at radius 3 is 2.33 bits per heavy atom. The maximum atomic E-state index is 14.8. The maximum absolute atomic E-state index is 14.8. The van der Waals surface area contributed by atoms with E-state index in [4.69, 9.17) is 15.2 Å². The Morgan fingerprint density at radius 1 is 0.935 bits per heavy atom. The molecule has 2 N–H and O–H groups in total. The van der Waals surface area contributed by atoms with Crippen molar-refractivity contribution < 1.29 is 18.3 Å². The summed E-state index contributed by atoms with van der Waals surface area (Å²) in [6, 6.07) is 12.0. The van der Waals surface area contributed by atoms with Crippen LogP contribution in [0.15, 0.2) is 106 Å². The van der Waals surface area contributed by atoms with Crippen LogP contribution < -0.4 is 21.9 Å². The van der Waals surface area contributed by atoms with Crippen LogP contribution in [-0.4, -0.2) is 46.3 Å². The molecule has 1 unspecified atom stereocenters. The summed E-state index contributed by atoms with van der Waals surface area (Å²) in [5.41, 5.74) is 7.68. The first-order chi connectivity index (χ1) is 22.3. The lowest BCUT2D eigenvalue weighted by Crippen LogP contribution is -2.54. The number of ether oxygens (including phenoxy) is 2. The molecule has 2 atom stereocenters. The van der Waals surface area contributed by atoms with E-state index in [0.717, 1.165) is 35.1 Å². The Hall–Kier alpha value is -4.74. The van der Waals surface area contributed by atoms with E-state index in [0.29, 0.717) is 43.3 Å². The zero-order valence-corrected chi connectivity index (χ0v) is 25.6. The van der Waals surface area contributed by atoms with Crippen molar-refractivity contribution in [1.29, 1.82) is 0 Å². The van der Waals surface area contributed by atoms with Crippen LogP contribution in [0, 0.1) is 18.6 Å². The Bertz CT molecular complexity index is 1800. The van der Waals surface area contributed by atoms with Gasteiger partial charge >= 0.3 is 5.69 Å². The second-order valence-electron chi connectivity index (χ2n) is 11.6. The molecule has 3 aliphatic rings. The molecule has 0 spiro atoms. The SMILES string of the molecule is Cc1c(N2CCN(C(C3=CC=CCC3)C3=COC=CO3)CC2)c(=O)n(C[C@@H](N)c2ccccc2)c(=O)n1Cc1c(F)cccc1F. The monoisotopic (exact) mass is 629 g/mol. The van der Waals surface area contributed by atoms with Gasteiger partial charge in [-0.3, -0.25) is 18.8 Å². The molecule has 1 fully saturated rings. The van der Waals surface area contributed by atoms with E-state index in [1.165, 1.54) is 28.7 Å². The average Bonchev–Trinajstić information content (AvgIpc) is 3.08. The van der Waals surface area contributed by atoms with Crippen molar-refractivity contribution >= 4 is 5.69 Å². The van der Waals surface area contributed by atoms with Gasteiger partial charge in [0, 0.05) is 43.5 Å². The number of aromatic nitrogens is 2. The average molecular weight is 630 g/mol. The molecule has 46 heavy (non-hydrogen) atoms. The summed E-state index contributed by atoms with van der Waals surface area (Å²) < 4.78 is 43.3. The van der Waals surface area contributed by atoms with Gasteiger partial charge in [0.25, 0.3) is 5.56 Å². The third-order valence-electron chi connectivity index (χ3n) is 8.83. The Labute approximate surface area is 265 Å². The quantitative estimate of drug-likeness (QED) is 0.373. The molecule has 0 bridgehead atoms. The number of halogens is 2. The van der Waals surface area contributed by atoms with Gasteiger partial charge in [0.15, 0.2) is 5.76 Å². The van der Waals surface area contributed by atoms with Crippen molar-refractivity contribution in [3.8, 4) is 0 Å². The number of hydrogen-bond donors (Lipinski definition) is 1. The van der Waals surface area contributed by atoms with Gasteiger partial charge < -0.3 is 20.1 Å². The normalized spacial score (nSPS) is 18.0. The molecule has 2 aliphatic heterocycles. The minimum atomic E-state index is -0.767. The lowest BCUT2D eigenvalue weighted by molar-refractivity contribution is 0.153. The van der Waals surface area contributed by atoms with E-state index in [9.17, 15) is 18.4 Å². The van der Waals surface area contributed by atoms with Crippen LogP contribution in [-0.2, 0) is 22.6 Å². The topological polar surface area (TPSA) is 95.0 Å². The number of rotatable bonds is 9. The highest BCUT2D eigenvalue weighted by Gasteiger charge is 2.33. The predicted molar refractivity (Wildman–Crippen MR) is 172 cm³/mol. The molecule has 11 heteroatoms. The molecule has 1 aliphatic carbocycles. The number of piperazine rings is 1. The molecule has 0 saturated carbocycles. The van der Waals surface area contributed by atoms with Crippen LogP contribution in [0.3, 0.4) is 0 Å². The highest BCUT2D eigenvalue weighted by Crippen LogP contribution is 2.30. The van der Waals surface area contributed by atoms with E-state index < -0.39 is 28.9 Å². The third kappa shape index (κ3) is 6.33. The molecule has 9 nitrogen and oxygen atoms in total. The van der Waals surface area contributed by atoms with E-state index in [-0.39, 0.29) is 24.7 Å². The zero-order valence-electron chi connectivity index (χ0n) is 25.6. The van der Waals surface area contributed by atoms with E-state index in [1.54, 1.807) is 13.2 Å². The third-order valence-corrected chi connectivity index (χ3v) is 8.83. The number of nitrogens with zero attached hydrogens (tertiary/aromatic N) is 4. The molecule has 1 aromatic heterocycles. The van der Waals surface area contributed by atoms with Gasteiger partial charge in [-0.25, -0.2) is 13.6 Å². The second kappa shape index (κ2) is 13.7. The van der Waals surface area contributed by atoms with Crippen molar-refractivity contribution in [2.75, 3.05) is 31.1 Å². The fourth-order valence-corrected chi connectivity index (χ4v) is 6.39. The van der Waals surface area contributed by atoms with Crippen LogP contribution in [0.1, 0.15) is 35.7 Å². The molecule has 240 valence electrons. The summed E-state index contributed by atoms with van der Waals surface area (Å²) in [5, 5.41) is 0. The van der Waals surface area contributed by atoms with Gasteiger partial charge in [-0.15, -0.1) is 0 Å². The summed E-state index contributed by atoms with van der Waals surface area (Å²) in [6.07, 6.45) is 12.7. The number of nitrogens with two attached hydrogens (primary N) is 1. The maximum Gasteiger partial charge on any atom is 0.331 e. The first kappa shape index (κ1) is 31.3. The molecule has 3 heterocycles. The van der Waals surface area contributed by atoms with Gasteiger partial charge in [-0.05, 0) is 43.0 Å². The lowest BCUT2D eigenvalue weighted by atomic mass is 9.94. The Balaban J connectivity index is 1.35. The molecule has 0 radical (unpaired) electrons. The summed E-state index contributed by atoms with van der Waals surface area (Å²) >= 11 is 0. The van der Waals surface area contributed by atoms with Crippen molar-refractivity contribution in [1.82, 2.24) is 14.0 Å². The van der Waals surface area contributed by atoms with Crippen molar-refractivity contribution in [2.45, 2.75) is 44.9 Å². The van der Waals surface area contributed by atoms with Crippen LogP contribution in [0.25, 0.3) is 0 Å². The number of hydrogen-bond acceptors (Lipinski definition) is 7. The summed E-state index contributed by atoms with van der Waals surface area (Å²) in [5.74, 6) is -0.848. The molecule has 6 rings (SSSR count). The lowest BCUT2D eigenvalue weighted by Gasteiger charge is -2.41. The molecular formula is C35H37F2N5O4. The largest absolute Gasteiger partial charge is 0.466 e. The Morgan fingerprint density at radius 2 is 1.67 bits per heavy atom. The Kier molecular flexibility index (Phi) is 9.32. The summed E-state index contributed by atoms with van der Waals surface area (Å²) in [4.78, 5) is 32.3. The smallest absolute Gasteiger partial charge is 0.331 e. The molecular weight excluding hydrogens is 592 g/mol. The number of benzene rings is 2. The van der Waals surface area contributed by atoms with Gasteiger partial charge in [0.1, 0.15) is 36.1 Å². The standard InChI is InChI=1S/C35H37F2N5O4/c1-24-32(39-15-17-40(18-16-39)33(26-11-6-3-7-12-26)31-23-45-19-20-46-31)34(43)42(22-30(38)25-9-4-2-5-10-25)35(44)41(24)21-27-28(36)13-8-14-29(27)37/h2-6,8-11,13-14,19-20,23,30,33H,7,12,15-18,21-22,38H2,1H3/t30-,33?/m1/s1. The highest BCUT2D eigenvalue weighted by molar-refractivity contribution is 5.50. The van der Waals surface area contributed by atoms with E-state index >= 15 is 0 Å². The van der Waals surface area contributed by atoms with Gasteiger partial charge in [0.05, 0.1) is 19.1 Å². The predicted octanol–water partition coefficient (Wildman–Crippen LogP) is 4.47. The van der Waals surface area contributed by atoms with E-state index in [1.807, 2.05) is 35.2 Å².